The maximum Gasteiger partial charge on any atom is 0.188 e. The number of hydrogen-bond acceptors (Lipinski definition) is 4. The molecule has 0 radical (unpaired) electrons. The zero-order valence-electron chi connectivity index (χ0n) is 13.9. The standard InChI is InChI=1S/C19H21FO4/c1-3-4-8-23-18-10-15(12-21)17(11-19(18)24-13-22-2)14-6-5-7-16(20)9-14/h5-7,9-12H,3-4,8,13H2,1-2H3. The topological polar surface area (TPSA) is 44.8 Å². The quantitative estimate of drug-likeness (QED) is 0.386. The van der Waals surface area contributed by atoms with Crippen LogP contribution in [0.5, 0.6) is 11.5 Å². The first-order valence-electron chi connectivity index (χ1n) is 7.83. The van der Waals surface area contributed by atoms with Crippen molar-refractivity contribution in [1.82, 2.24) is 0 Å². The second-order valence-corrected chi connectivity index (χ2v) is 5.27. The van der Waals surface area contributed by atoms with Crippen LogP contribution in [0, 0.1) is 5.82 Å². The van der Waals surface area contributed by atoms with E-state index in [4.69, 9.17) is 14.2 Å². The van der Waals surface area contributed by atoms with Crippen LogP contribution in [-0.4, -0.2) is 26.8 Å². The van der Waals surface area contributed by atoms with Gasteiger partial charge in [-0.3, -0.25) is 4.79 Å². The van der Waals surface area contributed by atoms with Crippen LogP contribution in [0.4, 0.5) is 4.39 Å². The third-order valence-electron chi connectivity index (χ3n) is 3.47. The molecule has 2 aromatic rings. The van der Waals surface area contributed by atoms with Gasteiger partial charge < -0.3 is 14.2 Å². The van der Waals surface area contributed by atoms with E-state index in [-0.39, 0.29) is 12.6 Å². The van der Waals surface area contributed by atoms with Gasteiger partial charge in [0.1, 0.15) is 5.82 Å². The summed E-state index contributed by atoms with van der Waals surface area (Å²) in [4.78, 5) is 11.5. The van der Waals surface area contributed by atoms with Crippen molar-refractivity contribution in [2.75, 3.05) is 20.5 Å². The van der Waals surface area contributed by atoms with Crippen molar-refractivity contribution in [3.63, 3.8) is 0 Å². The third-order valence-corrected chi connectivity index (χ3v) is 3.47. The number of unbranched alkanes of at least 4 members (excludes halogenated alkanes) is 1. The second-order valence-electron chi connectivity index (χ2n) is 5.27. The molecule has 24 heavy (non-hydrogen) atoms. The highest BCUT2D eigenvalue weighted by Gasteiger charge is 2.14. The summed E-state index contributed by atoms with van der Waals surface area (Å²) in [6, 6.07) is 9.37. The van der Waals surface area contributed by atoms with Gasteiger partial charge >= 0.3 is 0 Å². The maximum absolute atomic E-state index is 13.5. The molecule has 0 N–H and O–H groups in total. The lowest BCUT2D eigenvalue weighted by Gasteiger charge is -2.15. The first-order valence-corrected chi connectivity index (χ1v) is 7.83. The molecule has 4 nitrogen and oxygen atoms in total. The molecule has 2 rings (SSSR count). The molecule has 0 bridgehead atoms. The highest BCUT2D eigenvalue weighted by molar-refractivity contribution is 5.89. The van der Waals surface area contributed by atoms with Crippen LogP contribution in [0.2, 0.25) is 0 Å². The summed E-state index contributed by atoms with van der Waals surface area (Å²) in [5.74, 6) is 0.563. The second kappa shape index (κ2) is 9.03. The molecule has 0 aliphatic heterocycles. The van der Waals surface area contributed by atoms with Gasteiger partial charge in [0.25, 0.3) is 0 Å². The van der Waals surface area contributed by atoms with E-state index in [2.05, 4.69) is 6.92 Å². The number of aldehydes is 1. The molecule has 0 saturated carbocycles. The smallest absolute Gasteiger partial charge is 0.188 e. The Balaban J connectivity index is 2.44. The van der Waals surface area contributed by atoms with Crippen molar-refractivity contribution in [2.45, 2.75) is 19.8 Å². The highest BCUT2D eigenvalue weighted by atomic mass is 19.1. The van der Waals surface area contributed by atoms with Gasteiger partial charge in [0, 0.05) is 12.7 Å². The zero-order valence-corrected chi connectivity index (χ0v) is 13.9. The number of rotatable bonds is 9. The van der Waals surface area contributed by atoms with Crippen molar-refractivity contribution >= 4 is 6.29 Å². The summed E-state index contributed by atoms with van der Waals surface area (Å²) in [6.45, 7) is 2.64. The van der Waals surface area contributed by atoms with E-state index in [1.807, 2.05) is 0 Å². The molecule has 0 aromatic heterocycles. The van der Waals surface area contributed by atoms with E-state index < -0.39 is 0 Å². The lowest BCUT2D eigenvalue weighted by atomic mass is 9.99. The number of hydrogen-bond donors (Lipinski definition) is 0. The Morgan fingerprint density at radius 2 is 1.92 bits per heavy atom. The van der Waals surface area contributed by atoms with Gasteiger partial charge in [-0.25, -0.2) is 4.39 Å². The SMILES string of the molecule is CCCCOc1cc(C=O)c(-c2cccc(F)c2)cc1OCOC. The largest absolute Gasteiger partial charge is 0.490 e. The van der Waals surface area contributed by atoms with E-state index in [1.54, 1.807) is 24.3 Å². The predicted octanol–water partition coefficient (Wildman–Crippen LogP) is 4.47. The number of ether oxygens (including phenoxy) is 3. The molecule has 2 aromatic carbocycles. The third kappa shape index (κ3) is 4.55. The minimum Gasteiger partial charge on any atom is -0.490 e. The molecule has 0 saturated heterocycles. The summed E-state index contributed by atoms with van der Waals surface area (Å²) >= 11 is 0. The van der Waals surface area contributed by atoms with Crippen LogP contribution >= 0.6 is 0 Å². The fourth-order valence-corrected chi connectivity index (χ4v) is 2.25. The molecule has 0 unspecified atom stereocenters. The van der Waals surface area contributed by atoms with E-state index in [0.29, 0.717) is 34.8 Å². The molecule has 0 aliphatic carbocycles. The van der Waals surface area contributed by atoms with Crippen LogP contribution < -0.4 is 9.47 Å². The summed E-state index contributed by atoms with van der Waals surface area (Å²) in [7, 11) is 1.52. The fourth-order valence-electron chi connectivity index (χ4n) is 2.25. The van der Waals surface area contributed by atoms with E-state index >= 15 is 0 Å². The van der Waals surface area contributed by atoms with Gasteiger partial charge in [-0.1, -0.05) is 25.5 Å². The summed E-state index contributed by atoms with van der Waals surface area (Å²) in [6.07, 6.45) is 2.62. The molecule has 0 aliphatic rings. The summed E-state index contributed by atoms with van der Waals surface area (Å²) < 4.78 is 29.7. The molecule has 0 amide bonds. The van der Waals surface area contributed by atoms with Crippen molar-refractivity contribution in [2.24, 2.45) is 0 Å². The fraction of sp³-hybridized carbons (Fsp3) is 0.316. The van der Waals surface area contributed by atoms with Gasteiger partial charge in [0.15, 0.2) is 24.6 Å². The average Bonchev–Trinajstić information content (AvgIpc) is 2.60. The number of benzene rings is 2. The average molecular weight is 332 g/mol. The van der Waals surface area contributed by atoms with Gasteiger partial charge in [-0.05, 0) is 41.8 Å². The number of carbonyl (C=O) groups is 1. The van der Waals surface area contributed by atoms with Crippen molar-refractivity contribution in [3.8, 4) is 22.6 Å². The molecular formula is C19H21FO4. The lowest BCUT2D eigenvalue weighted by molar-refractivity contribution is 0.0486. The Bertz CT molecular complexity index is 685. The highest BCUT2D eigenvalue weighted by Crippen LogP contribution is 2.36. The van der Waals surface area contributed by atoms with Crippen LogP contribution in [0.15, 0.2) is 36.4 Å². The molecular weight excluding hydrogens is 311 g/mol. The predicted molar refractivity (Wildman–Crippen MR) is 90.1 cm³/mol. The van der Waals surface area contributed by atoms with Crippen molar-refractivity contribution < 1.29 is 23.4 Å². The molecule has 0 atom stereocenters. The van der Waals surface area contributed by atoms with Crippen LogP contribution in [0.25, 0.3) is 11.1 Å². The Morgan fingerprint density at radius 3 is 2.58 bits per heavy atom. The molecule has 0 spiro atoms. The molecule has 128 valence electrons. The minimum atomic E-state index is -0.369. The lowest BCUT2D eigenvalue weighted by Crippen LogP contribution is -2.05. The van der Waals surface area contributed by atoms with Gasteiger partial charge in [-0.2, -0.15) is 0 Å². The van der Waals surface area contributed by atoms with Crippen LogP contribution in [0.3, 0.4) is 0 Å². The summed E-state index contributed by atoms with van der Waals surface area (Å²) in [5.41, 5.74) is 1.59. The molecule has 5 heteroatoms. The monoisotopic (exact) mass is 332 g/mol. The van der Waals surface area contributed by atoms with E-state index in [0.717, 1.165) is 19.1 Å². The van der Waals surface area contributed by atoms with Gasteiger partial charge in [0.2, 0.25) is 0 Å². The normalized spacial score (nSPS) is 10.5. The summed E-state index contributed by atoms with van der Waals surface area (Å²) in [5, 5.41) is 0. The Labute approximate surface area is 141 Å². The van der Waals surface area contributed by atoms with Gasteiger partial charge in [0.05, 0.1) is 6.61 Å². The van der Waals surface area contributed by atoms with Crippen LogP contribution in [-0.2, 0) is 4.74 Å². The van der Waals surface area contributed by atoms with Crippen molar-refractivity contribution in [1.29, 1.82) is 0 Å². The molecule has 0 fully saturated rings. The first-order chi connectivity index (χ1) is 11.7. The Kier molecular flexibility index (Phi) is 6.75. The van der Waals surface area contributed by atoms with Crippen LogP contribution in [0.1, 0.15) is 30.1 Å². The van der Waals surface area contributed by atoms with E-state index in [9.17, 15) is 9.18 Å². The Hall–Kier alpha value is -2.40. The molecule has 0 heterocycles. The zero-order chi connectivity index (χ0) is 17.4. The minimum absolute atomic E-state index is 0.0488. The Morgan fingerprint density at radius 1 is 1.12 bits per heavy atom. The number of halogens is 1. The number of methoxy groups -OCH3 is 1. The first kappa shape index (κ1) is 17.9. The maximum atomic E-state index is 13.5. The number of carbonyl (C=O) groups excluding carboxylic acids is 1. The van der Waals surface area contributed by atoms with Crippen molar-refractivity contribution in [3.05, 3.63) is 47.8 Å². The van der Waals surface area contributed by atoms with E-state index in [1.165, 1.54) is 19.2 Å². The van der Waals surface area contributed by atoms with Gasteiger partial charge in [-0.15, -0.1) is 0 Å².